The van der Waals surface area contributed by atoms with Crippen molar-refractivity contribution in [3.05, 3.63) is 51.7 Å². The smallest absolute Gasteiger partial charge is 0.253 e. The number of carbonyl (C=O) groups is 1. The maximum atomic E-state index is 12.4. The average molecular weight is 314 g/mol. The number of H-pyrrole nitrogens is 1. The van der Waals surface area contributed by atoms with Gasteiger partial charge in [0.2, 0.25) is 5.56 Å². The summed E-state index contributed by atoms with van der Waals surface area (Å²) in [5.74, 6) is -0.178. The normalized spacial score (nSPS) is 17.6. The fourth-order valence-corrected chi connectivity index (χ4v) is 3.08. The third-order valence-corrected chi connectivity index (χ3v) is 4.17. The van der Waals surface area contributed by atoms with Crippen molar-refractivity contribution in [1.29, 1.82) is 0 Å². The Morgan fingerprint density at radius 2 is 2.17 bits per heavy atom. The molecule has 3 rings (SSSR count). The van der Waals surface area contributed by atoms with Gasteiger partial charge in [-0.2, -0.15) is 5.10 Å². The van der Waals surface area contributed by atoms with Gasteiger partial charge in [-0.3, -0.25) is 14.3 Å². The fraction of sp³-hybridized carbons (Fsp3) is 0.471. The van der Waals surface area contributed by atoms with E-state index >= 15 is 0 Å². The van der Waals surface area contributed by atoms with E-state index in [-0.39, 0.29) is 23.0 Å². The number of nitrogens with one attached hydrogen (secondary N) is 2. The van der Waals surface area contributed by atoms with Crippen molar-refractivity contribution in [2.24, 2.45) is 0 Å². The lowest BCUT2D eigenvalue weighted by atomic mass is 9.92. The van der Waals surface area contributed by atoms with Crippen molar-refractivity contribution >= 4 is 5.91 Å². The van der Waals surface area contributed by atoms with Gasteiger partial charge in [0.05, 0.1) is 23.3 Å². The molecule has 0 spiro atoms. The molecule has 0 saturated carbocycles. The first-order chi connectivity index (χ1) is 10.9. The highest BCUT2D eigenvalue weighted by molar-refractivity contribution is 5.94. The number of pyridine rings is 1. The van der Waals surface area contributed by atoms with Gasteiger partial charge in [-0.05, 0) is 46.1 Å². The number of fused-ring (bicyclic) bond motifs is 1. The third kappa shape index (κ3) is 3.06. The number of amides is 1. The van der Waals surface area contributed by atoms with Gasteiger partial charge < -0.3 is 10.3 Å². The molecule has 1 aliphatic rings. The molecule has 23 heavy (non-hydrogen) atoms. The van der Waals surface area contributed by atoms with E-state index in [1.807, 2.05) is 6.20 Å². The number of hydrogen-bond donors (Lipinski definition) is 2. The summed E-state index contributed by atoms with van der Waals surface area (Å²) < 4.78 is 2.06. The first-order valence-corrected chi connectivity index (χ1v) is 7.93. The van der Waals surface area contributed by atoms with E-state index in [1.54, 1.807) is 0 Å². The van der Waals surface area contributed by atoms with E-state index in [0.29, 0.717) is 5.56 Å². The standard InChI is InChI=1S/C17H22N4O2/c1-17(2,3)21-14-6-4-5-13(12(14)10-19-21)20-16(23)11-7-8-15(22)18-9-11/h7-10,13H,4-6H2,1-3H3,(H,18,22)(H,20,23)/t13-/m0/s1. The third-order valence-electron chi connectivity index (χ3n) is 4.17. The van der Waals surface area contributed by atoms with Crippen LogP contribution in [-0.2, 0) is 12.0 Å². The van der Waals surface area contributed by atoms with Crippen LogP contribution < -0.4 is 10.9 Å². The van der Waals surface area contributed by atoms with Crippen molar-refractivity contribution in [2.45, 2.75) is 51.6 Å². The highest BCUT2D eigenvalue weighted by atomic mass is 16.2. The van der Waals surface area contributed by atoms with Crippen molar-refractivity contribution in [3.8, 4) is 0 Å². The van der Waals surface area contributed by atoms with E-state index in [1.165, 1.54) is 24.0 Å². The van der Waals surface area contributed by atoms with Crippen LogP contribution in [-0.4, -0.2) is 20.7 Å². The maximum Gasteiger partial charge on any atom is 0.253 e. The SMILES string of the molecule is CC(C)(C)n1ncc2c1CCC[C@@H]2NC(=O)c1ccc(=O)[nH]c1. The number of rotatable bonds is 2. The summed E-state index contributed by atoms with van der Waals surface area (Å²) in [5, 5.41) is 7.59. The summed E-state index contributed by atoms with van der Waals surface area (Å²) >= 11 is 0. The highest BCUT2D eigenvalue weighted by Gasteiger charge is 2.29. The van der Waals surface area contributed by atoms with E-state index in [2.05, 4.69) is 40.9 Å². The lowest BCUT2D eigenvalue weighted by molar-refractivity contribution is 0.0932. The first-order valence-electron chi connectivity index (χ1n) is 7.93. The lowest BCUT2D eigenvalue weighted by Crippen LogP contribution is -2.32. The van der Waals surface area contributed by atoms with E-state index in [4.69, 9.17) is 0 Å². The second-order valence-corrected chi connectivity index (χ2v) is 6.99. The summed E-state index contributed by atoms with van der Waals surface area (Å²) in [5.41, 5.74) is 2.48. The van der Waals surface area contributed by atoms with Crippen molar-refractivity contribution in [1.82, 2.24) is 20.1 Å². The molecule has 122 valence electrons. The highest BCUT2D eigenvalue weighted by Crippen LogP contribution is 2.32. The number of nitrogens with zero attached hydrogens (tertiary/aromatic N) is 2. The molecule has 2 aromatic rings. The first kappa shape index (κ1) is 15.5. The Morgan fingerprint density at radius 1 is 1.39 bits per heavy atom. The molecule has 0 unspecified atom stereocenters. The zero-order valence-corrected chi connectivity index (χ0v) is 13.7. The lowest BCUT2D eigenvalue weighted by Gasteiger charge is -2.28. The predicted molar refractivity (Wildman–Crippen MR) is 87.4 cm³/mol. The predicted octanol–water partition coefficient (Wildman–Crippen LogP) is 2.13. The van der Waals surface area contributed by atoms with Crippen LogP contribution in [0.15, 0.2) is 29.3 Å². The molecule has 6 heteroatoms. The molecule has 2 heterocycles. The van der Waals surface area contributed by atoms with Gasteiger partial charge in [0.15, 0.2) is 0 Å². The molecule has 2 N–H and O–H groups in total. The molecule has 2 aromatic heterocycles. The molecule has 1 aliphatic carbocycles. The Kier molecular flexibility index (Phi) is 3.83. The Labute approximate surface area is 134 Å². The monoisotopic (exact) mass is 314 g/mol. The van der Waals surface area contributed by atoms with Crippen LogP contribution in [0.1, 0.15) is 61.3 Å². The maximum absolute atomic E-state index is 12.4. The second kappa shape index (κ2) is 5.68. The van der Waals surface area contributed by atoms with Gasteiger partial charge in [0.25, 0.3) is 5.91 Å². The Hall–Kier alpha value is -2.37. The molecular weight excluding hydrogens is 292 g/mol. The second-order valence-electron chi connectivity index (χ2n) is 6.99. The molecule has 1 amide bonds. The number of carbonyl (C=O) groups excluding carboxylic acids is 1. The number of aromatic nitrogens is 3. The van der Waals surface area contributed by atoms with Gasteiger partial charge in [-0.25, -0.2) is 0 Å². The fourth-order valence-electron chi connectivity index (χ4n) is 3.08. The summed E-state index contributed by atoms with van der Waals surface area (Å²) in [6, 6.07) is 2.87. The molecule has 0 bridgehead atoms. The van der Waals surface area contributed by atoms with Crippen LogP contribution in [0, 0.1) is 0 Å². The number of aromatic amines is 1. The van der Waals surface area contributed by atoms with Gasteiger partial charge >= 0.3 is 0 Å². The van der Waals surface area contributed by atoms with Crippen molar-refractivity contribution < 1.29 is 4.79 Å². The molecule has 6 nitrogen and oxygen atoms in total. The minimum absolute atomic E-state index is 0.0331. The molecular formula is C17H22N4O2. The summed E-state index contributed by atoms with van der Waals surface area (Å²) in [7, 11) is 0. The largest absolute Gasteiger partial charge is 0.345 e. The minimum atomic E-state index is -0.215. The van der Waals surface area contributed by atoms with E-state index in [9.17, 15) is 9.59 Å². The zero-order chi connectivity index (χ0) is 16.6. The quantitative estimate of drug-likeness (QED) is 0.891. The van der Waals surface area contributed by atoms with Gasteiger partial charge in [-0.1, -0.05) is 0 Å². The van der Waals surface area contributed by atoms with Crippen LogP contribution in [0.5, 0.6) is 0 Å². The van der Waals surface area contributed by atoms with Crippen molar-refractivity contribution in [3.63, 3.8) is 0 Å². The van der Waals surface area contributed by atoms with E-state index < -0.39 is 0 Å². The average Bonchev–Trinajstić information content (AvgIpc) is 2.93. The van der Waals surface area contributed by atoms with Crippen LogP contribution in [0.3, 0.4) is 0 Å². The van der Waals surface area contributed by atoms with Crippen molar-refractivity contribution in [2.75, 3.05) is 0 Å². The molecule has 0 radical (unpaired) electrons. The summed E-state index contributed by atoms with van der Waals surface area (Å²) in [4.78, 5) is 26.0. The molecule has 1 atom stereocenters. The summed E-state index contributed by atoms with van der Waals surface area (Å²) in [6.45, 7) is 6.38. The Bertz CT molecular complexity index is 762. The van der Waals surface area contributed by atoms with Gasteiger partial charge in [0.1, 0.15) is 0 Å². The molecule has 0 saturated heterocycles. The minimum Gasteiger partial charge on any atom is -0.345 e. The van der Waals surface area contributed by atoms with Crippen LogP contribution in [0.25, 0.3) is 0 Å². The van der Waals surface area contributed by atoms with Crippen LogP contribution >= 0.6 is 0 Å². The Morgan fingerprint density at radius 3 is 2.83 bits per heavy atom. The molecule has 0 aliphatic heterocycles. The number of hydrogen-bond acceptors (Lipinski definition) is 3. The summed E-state index contributed by atoms with van der Waals surface area (Å²) in [6.07, 6.45) is 6.22. The van der Waals surface area contributed by atoms with E-state index in [0.717, 1.165) is 24.8 Å². The van der Waals surface area contributed by atoms with Crippen LogP contribution in [0.4, 0.5) is 0 Å². The van der Waals surface area contributed by atoms with Gasteiger partial charge in [-0.15, -0.1) is 0 Å². The molecule has 0 aromatic carbocycles. The zero-order valence-electron chi connectivity index (χ0n) is 13.7. The van der Waals surface area contributed by atoms with Crippen LogP contribution in [0.2, 0.25) is 0 Å². The van der Waals surface area contributed by atoms with Gasteiger partial charge in [0, 0.05) is 23.5 Å². The topological polar surface area (TPSA) is 79.8 Å². The Balaban J connectivity index is 1.84. The molecule has 0 fully saturated rings.